The summed E-state index contributed by atoms with van der Waals surface area (Å²) < 4.78 is 39.7. The van der Waals surface area contributed by atoms with Gasteiger partial charge in [-0.2, -0.15) is 0 Å². The number of aryl methyl sites for hydroxylation is 1. The monoisotopic (exact) mass is 1000 g/mol. The first-order chi connectivity index (χ1) is 39.8. The van der Waals surface area contributed by atoms with Crippen molar-refractivity contribution in [2.24, 2.45) is 6.98 Å². The first-order valence-corrected chi connectivity index (χ1v) is 26.2. The van der Waals surface area contributed by atoms with Crippen LogP contribution in [0.1, 0.15) is 4.11 Å². The number of imidazole rings is 1. The lowest BCUT2D eigenvalue weighted by atomic mass is 9.84. The fourth-order valence-electron chi connectivity index (χ4n) is 11.2. The van der Waals surface area contributed by atoms with Crippen LogP contribution in [0.4, 0.5) is 0 Å². The number of nitrogens with zero attached hydrogens (tertiary/aromatic N) is 4. The van der Waals surface area contributed by atoms with Gasteiger partial charge in [0.1, 0.15) is 17.3 Å². The Hall–Kier alpha value is -10.4. The number of pyridine rings is 1. The lowest BCUT2D eigenvalue weighted by molar-refractivity contribution is -0.649. The van der Waals surface area contributed by atoms with Gasteiger partial charge in [0, 0.05) is 23.0 Å². The molecule has 0 atom stereocenters. The van der Waals surface area contributed by atoms with Gasteiger partial charge in [0.05, 0.1) is 38.8 Å². The highest BCUT2D eigenvalue weighted by Crippen LogP contribution is 2.46. The topological polar surface area (TPSA) is 35.9 Å². The van der Waals surface area contributed by atoms with E-state index in [1.54, 1.807) is 6.20 Å². The first-order valence-electron chi connectivity index (χ1n) is 27.7. The summed E-state index contributed by atoms with van der Waals surface area (Å²) in [6.07, 6.45) is 5.16. The predicted octanol–water partition coefficient (Wildman–Crippen LogP) is 18.2. The quantitative estimate of drug-likeness (QED) is 0.0956. The molecule has 0 aliphatic carbocycles. The molecule has 0 bridgehead atoms. The number of fused-ring (bicyclic) bond motifs is 4. The van der Waals surface area contributed by atoms with Crippen LogP contribution in [-0.2, 0) is 6.98 Å². The maximum atomic E-state index is 9.22. The van der Waals surface area contributed by atoms with Gasteiger partial charge in [-0.05, 0) is 157 Å². The highest BCUT2D eigenvalue weighted by Gasteiger charge is 2.22. The van der Waals surface area contributed by atoms with Crippen molar-refractivity contribution in [3.8, 4) is 101 Å². The Kier molecular flexibility index (Phi) is 10.9. The zero-order chi connectivity index (χ0) is 54.4. The Morgan fingerprint density at radius 2 is 0.872 bits per heavy atom. The van der Waals surface area contributed by atoms with Crippen molar-refractivity contribution in [2.45, 2.75) is 0 Å². The van der Waals surface area contributed by atoms with E-state index in [0.29, 0.717) is 28.2 Å². The van der Waals surface area contributed by atoms with Gasteiger partial charge in [0.2, 0.25) is 6.33 Å². The van der Waals surface area contributed by atoms with Gasteiger partial charge in [0.15, 0.2) is 0 Å². The van der Waals surface area contributed by atoms with Crippen LogP contribution in [0.15, 0.2) is 285 Å². The van der Waals surface area contributed by atoms with Gasteiger partial charge in [-0.3, -0.25) is 4.57 Å². The second kappa shape index (κ2) is 19.7. The Labute approximate surface area is 457 Å². The van der Waals surface area contributed by atoms with E-state index in [1.165, 1.54) is 4.57 Å². The summed E-state index contributed by atoms with van der Waals surface area (Å²) in [4.78, 5) is 4.72. The molecule has 14 rings (SSSR count). The van der Waals surface area contributed by atoms with Crippen molar-refractivity contribution >= 4 is 32.8 Å². The molecule has 5 nitrogen and oxygen atoms in total. The van der Waals surface area contributed by atoms with E-state index in [4.69, 9.17) is 9.72 Å². The molecule has 368 valence electrons. The SMILES string of the molecule is [2H]C([2H])([2H])[n+]1[c-]n(-c2cccc(Oc3ccc4c5ccccc5n(-c5ccccn5)c4c3)c2)c2cccc(-c3c(-c4cc(-c5ccccc5)cc(-c5ccccc5)c4)cccc3-c3cc(-c4ccccc4)cc(-c4ccccc4)c3)c21. The van der Waals surface area contributed by atoms with Crippen molar-refractivity contribution in [3.05, 3.63) is 292 Å². The van der Waals surface area contributed by atoms with Crippen LogP contribution >= 0.6 is 0 Å². The molecule has 78 heavy (non-hydrogen) atoms. The summed E-state index contributed by atoms with van der Waals surface area (Å²) in [5.41, 5.74) is 18.0. The average molecular weight is 1000 g/mol. The molecule has 0 radical (unpaired) electrons. The van der Waals surface area contributed by atoms with Crippen LogP contribution in [0, 0.1) is 6.33 Å². The minimum absolute atomic E-state index is 0.510. The molecule has 11 aromatic carbocycles. The van der Waals surface area contributed by atoms with Crippen LogP contribution in [0.25, 0.3) is 122 Å². The molecule has 0 N–H and O–H groups in total. The van der Waals surface area contributed by atoms with Crippen LogP contribution in [0.5, 0.6) is 11.5 Å². The maximum Gasteiger partial charge on any atom is 0.244 e. The summed E-state index contributed by atoms with van der Waals surface area (Å²) in [5, 5.41) is 2.20. The summed E-state index contributed by atoms with van der Waals surface area (Å²) >= 11 is 0. The average Bonchev–Trinajstić information content (AvgIpc) is 4.25. The number of ether oxygens (including phenoxy) is 1. The van der Waals surface area contributed by atoms with Crippen molar-refractivity contribution in [2.75, 3.05) is 0 Å². The Morgan fingerprint density at radius 1 is 0.385 bits per heavy atom. The third-order valence-corrected chi connectivity index (χ3v) is 14.8. The summed E-state index contributed by atoms with van der Waals surface area (Å²) in [7, 11) is 0. The second-order valence-electron chi connectivity index (χ2n) is 19.6. The minimum Gasteiger partial charge on any atom is -0.458 e. The lowest BCUT2D eigenvalue weighted by Crippen LogP contribution is -2.26. The highest BCUT2D eigenvalue weighted by atomic mass is 16.5. The van der Waals surface area contributed by atoms with Crippen LogP contribution in [0.2, 0.25) is 0 Å². The highest BCUT2D eigenvalue weighted by molar-refractivity contribution is 6.09. The van der Waals surface area contributed by atoms with Gasteiger partial charge in [-0.25, -0.2) is 4.98 Å². The molecular formula is C73H50N4O. The maximum absolute atomic E-state index is 9.22. The van der Waals surface area contributed by atoms with E-state index >= 15 is 0 Å². The number of aromatic nitrogens is 4. The molecule has 0 aliphatic heterocycles. The smallest absolute Gasteiger partial charge is 0.244 e. The van der Waals surface area contributed by atoms with Gasteiger partial charge < -0.3 is 13.9 Å². The molecule has 0 amide bonds. The number of rotatable bonds is 11. The number of hydrogen-bond donors (Lipinski definition) is 0. The Balaban J connectivity index is 0.979. The zero-order valence-electron chi connectivity index (χ0n) is 45.3. The molecule has 0 aliphatic rings. The van der Waals surface area contributed by atoms with Gasteiger partial charge in [-0.1, -0.05) is 194 Å². The van der Waals surface area contributed by atoms with Crippen LogP contribution in [0.3, 0.4) is 0 Å². The minimum atomic E-state index is -2.63. The molecule has 3 aromatic heterocycles. The number of para-hydroxylation sites is 2. The first kappa shape index (κ1) is 42.9. The second-order valence-corrected chi connectivity index (χ2v) is 19.6. The van der Waals surface area contributed by atoms with Crippen LogP contribution in [-0.4, -0.2) is 14.1 Å². The fraction of sp³-hybridized carbons (Fsp3) is 0.0137. The molecule has 0 fully saturated rings. The van der Waals surface area contributed by atoms with Crippen LogP contribution < -0.4 is 9.30 Å². The lowest BCUT2D eigenvalue weighted by Gasteiger charge is -2.21. The summed E-state index contributed by atoms with van der Waals surface area (Å²) in [6.45, 7) is -2.63. The van der Waals surface area contributed by atoms with Crippen molar-refractivity contribution in [1.82, 2.24) is 14.1 Å². The molecule has 3 heterocycles. The van der Waals surface area contributed by atoms with Crippen molar-refractivity contribution in [1.29, 1.82) is 0 Å². The van der Waals surface area contributed by atoms with Gasteiger partial charge in [0.25, 0.3) is 0 Å². The molecule has 14 aromatic rings. The molecule has 0 saturated heterocycles. The normalized spacial score (nSPS) is 12.1. The summed E-state index contributed by atoms with van der Waals surface area (Å²) in [6, 6.07) is 96.1. The standard InChI is InChI=1S/C73H50N4O/c1-75-49-76(60-29-18-30-61(47-60)78-62-38-39-66-65-31-14-15-35-68(65)77(70(66)48-62)71-37-16-17-40-74-71)69-36-20-34-67(73(69)75)72-63(58-43-54(50-21-6-2-7-22-50)41-55(44-58)51-23-8-3-9-24-51)32-19-33-64(72)59-45-56(52-25-10-4-11-26-52)42-57(46-59)53-27-12-5-13-28-53/h2-48H,1H3/i1D3. The molecular weight excluding hydrogens is 949 g/mol. The molecule has 0 unspecified atom stereocenters. The third kappa shape index (κ3) is 8.50. The Bertz CT molecular complexity index is 4370. The fourth-order valence-corrected chi connectivity index (χ4v) is 11.2. The van der Waals surface area contributed by atoms with E-state index < -0.39 is 6.98 Å². The van der Waals surface area contributed by atoms with E-state index in [1.807, 2.05) is 95.6 Å². The predicted molar refractivity (Wildman–Crippen MR) is 320 cm³/mol. The zero-order valence-corrected chi connectivity index (χ0v) is 42.3. The Morgan fingerprint density at radius 3 is 1.45 bits per heavy atom. The number of benzene rings is 11. The van der Waals surface area contributed by atoms with E-state index in [0.717, 1.165) is 106 Å². The van der Waals surface area contributed by atoms with E-state index in [-0.39, 0.29) is 0 Å². The van der Waals surface area contributed by atoms with Crippen molar-refractivity contribution in [3.63, 3.8) is 0 Å². The van der Waals surface area contributed by atoms with Gasteiger partial charge >= 0.3 is 0 Å². The largest absolute Gasteiger partial charge is 0.458 e. The third-order valence-electron chi connectivity index (χ3n) is 14.8. The molecule has 0 spiro atoms. The molecule has 5 heteroatoms. The van der Waals surface area contributed by atoms with E-state index in [9.17, 15) is 4.11 Å². The number of hydrogen-bond acceptors (Lipinski definition) is 2. The summed E-state index contributed by atoms with van der Waals surface area (Å²) in [5.74, 6) is 2.03. The van der Waals surface area contributed by atoms with Crippen molar-refractivity contribution < 1.29 is 13.4 Å². The molecule has 0 saturated carbocycles. The van der Waals surface area contributed by atoms with Gasteiger partial charge in [-0.15, -0.1) is 0 Å². The van der Waals surface area contributed by atoms with E-state index in [2.05, 4.69) is 199 Å².